The molecule has 0 fully saturated rings. The molecule has 0 atom stereocenters. The van der Waals surface area contributed by atoms with Gasteiger partial charge >= 0.3 is 0 Å². The van der Waals surface area contributed by atoms with Crippen molar-refractivity contribution < 1.29 is 0 Å². The van der Waals surface area contributed by atoms with Gasteiger partial charge in [0.1, 0.15) is 0 Å². The summed E-state index contributed by atoms with van der Waals surface area (Å²) in [5.41, 5.74) is 8.52. The van der Waals surface area contributed by atoms with Gasteiger partial charge < -0.3 is 5.73 Å². The number of benzene rings is 1. The normalized spacial score (nSPS) is 11.7. The summed E-state index contributed by atoms with van der Waals surface area (Å²) >= 11 is 0. The van der Waals surface area contributed by atoms with E-state index in [0.29, 0.717) is 6.54 Å². The largest absolute Gasteiger partial charge is 0.330 e. The third-order valence-corrected chi connectivity index (χ3v) is 2.65. The Bertz CT molecular complexity index is 259. The summed E-state index contributed by atoms with van der Waals surface area (Å²) in [6.45, 7) is 7.21. The van der Waals surface area contributed by atoms with Gasteiger partial charge in [-0.2, -0.15) is 0 Å². The highest BCUT2D eigenvalue weighted by Crippen LogP contribution is 2.21. The fourth-order valence-corrected chi connectivity index (χ4v) is 1.31. The van der Waals surface area contributed by atoms with Crippen LogP contribution in [0.3, 0.4) is 0 Å². The van der Waals surface area contributed by atoms with E-state index in [2.05, 4.69) is 45.0 Å². The van der Waals surface area contributed by atoms with Crippen LogP contribution in [0, 0.1) is 0 Å². The molecule has 0 radical (unpaired) electrons. The van der Waals surface area contributed by atoms with E-state index in [0.717, 1.165) is 6.42 Å². The number of hydrogen-bond donors (Lipinski definition) is 1. The number of rotatable bonds is 3. The van der Waals surface area contributed by atoms with Crippen molar-refractivity contribution in [3.05, 3.63) is 35.4 Å². The van der Waals surface area contributed by atoms with Gasteiger partial charge in [0.15, 0.2) is 0 Å². The molecular weight excluding hydrogens is 158 g/mol. The lowest BCUT2D eigenvalue weighted by atomic mass is 9.84. The molecule has 1 aromatic rings. The first kappa shape index (κ1) is 10.3. The standard InChI is InChI=1S/C12H19N/c1-4-10-5-7-11(8-6-10)12(2,3)9-13/h5-8H,4,9,13H2,1-3H3. The quantitative estimate of drug-likeness (QED) is 0.754. The number of nitrogens with two attached hydrogens (primary N) is 1. The summed E-state index contributed by atoms with van der Waals surface area (Å²) in [6.07, 6.45) is 1.10. The molecular formula is C12H19N. The minimum atomic E-state index is 0.103. The summed E-state index contributed by atoms with van der Waals surface area (Å²) in [5, 5.41) is 0. The molecule has 0 saturated heterocycles. The maximum atomic E-state index is 5.71. The molecule has 1 heteroatoms. The third kappa shape index (κ3) is 2.31. The minimum Gasteiger partial charge on any atom is -0.330 e. The van der Waals surface area contributed by atoms with Crippen LogP contribution < -0.4 is 5.73 Å². The Labute approximate surface area is 81.0 Å². The molecule has 0 aromatic heterocycles. The maximum absolute atomic E-state index is 5.71. The maximum Gasteiger partial charge on any atom is 0.00190 e. The molecule has 0 bridgehead atoms. The van der Waals surface area contributed by atoms with Gasteiger partial charge in [0, 0.05) is 12.0 Å². The second-order valence-electron chi connectivity index (χ2n) is 4.14. The molecule has 1 nitrogen and oxygen atoms in total. The Morgan fingerprint density at radius 2 is 1.69 bits per heavy atom. The van der Waals surface area contributed by atoms with Crippen LogP contribution in [-0.4, -0.2) is 6.54 Å². The summed E-state index contributed by atoms with van der Waals surface area (Å²) in [4.78, 5) is 0. The lowest BCUT2D eigenvalue weighted by molar-refractivity contribution is 0.539. The van der Waals surface area contributed by atoms with E-state index in [9.17, 15) is 0 Å². The van der Waals surface area contributed by atoms with Crippen molar-refractivity contribution in [2.75, 3.05) is 6.54 Å². The van der Waals surface area contributed by atoms with Crippen LogP contribution in [0.4, 0.5) is 0 Å². The van der Waals surface area contributed by atoms with Gasteiger partial charge in [0.05, 0.1) is 0 Å². The van der Waals surface area contributed by atoms with E-state index < -0.39 is 0 Å². The second kappa shape index (κ2) is 3.93. The molecule has 0 heterocycles. The zero-order chi connectivity index (χ0) is 9.90. The Morgan fingerprint density at radius 3 is 2.08 bits per heavy atom. The fraction of sp³-hybridized carbons (Fsp3) is 0.500. The first-order valence-corrected chi connectivity index (χ1v) is 4.89. The van der Waals surface area contributed by atoms with E-state index in [-0.39, 0.29) is 5.41 Å². The first-order valence-electron chi connectivity index (χ1n) is 4.89. The predicted octanol–water partition coefficient (Wildman–Crippen LogP) is 2.49. The van der Waals surface area contributed by atoms with E-state index in [1.165, 1.54) is 11.1 Å². The highest BCUT2D eigenvalue weighted by atomic mass is 14.6. The summed E-state index contributed by atoms with van der Waals surface area (Å²) < 4.78 is 0. The van der Waals surface area contributed by atoms with Gasteiger partial charge in [-0.3, -0.25) is 0 Å². The zero-order valence-electron chi connectivity index (χ0n) is 8.80. The van der Waals surface area contributed by atoms with Crippen LogP contribution in [0.15, 0.2) is 24.3 Å². The van der Waals surface area contributed by atoms with Crippen molar-refractivity contribution in [2.24, 2.45) is 5.73 Å². The van der Waals surface area contributed by atoms with Crippen molar-refractivity contribution in [1.29, 1.82) is 0 Å². The van der Waals surface area contributed by atoms with Crippen molar-refractivity contribution >= 4 is 0 Å². The number of aryl methyl sites for hydroxylation is 1. The highest BCUT2D eigenvalue weighted by molar-refractivity contribution is 5.28. The van der Waals surface area contributed by atoms with Gasteiger partial charge in [-0.1, -0.05) is 45.0 Å². The fourth-order valence-electron chi connectivity index (χ4n) is 1.31. The average Bonchev–Trinajstić information content (AvgIpc) is 2.18. The Kier molecular flexibility index (Phi) is 3.10. The molecule has 0 aliphatic carbocycles. The molecule has 1 aromatic carbocycles. The smallest absolute Gasteiger partial charge is 0.00190 e. The molecule has 0 spiro atoms. The van der Waals surface area contributed by atoms with E-state index in [4.69, 9.17) is 5.73 Å². The van der Waals surface area contributed by atoms with Gasteiger partial charge in [0.25, 0.3) is 0 Å². The van der Waals surface area contributed by atoms with Crippen molar-refractivity contribution in [3.63, 3.8) is 0 Å². The lowest BCUT2D eigenvalue weighted by Gasteiger charge is -2.23. The van der Waals surface area contributed by atoms with Crippen molar-refractivity contribution in [3.8, 4) is 0 Å². The second-order valence-corrected chi connectivity index (χ2v) is 4.14. The van der Waals surface area contributed by atoms with Crippen molar-refractivity contribution in [2.45, 2.75) is 32.6 Å². The molecule has 0 saturated carbocycles. The van der Waals surface area contributed by atoms with Gasteiger partial charge in [0.2, 0.25) is 0 Å². The molecule has 2 N–H and O–H groups in total. The predicted molar refractivity (Wildman–Crippen MR) is 57.9 cm³/mol. The van der Waals surface area contributed by atoms with Crippen molar-refractivity contribution in [1.82, 2.24) is 0 Å². The molecule has 0 aliphatic rings. The molecule has 0 aliphatic heterocycles. The minimum absolute atomic E-state index is 0.103. The van der Waals surface area contributed by atoms with Crippen LogP contribution in [0.5, 0.6) is 0 Å². The SMILES string of the molecule is CCc1ccc(C(C)(C)CN)cc1. The molecule has 13 heavy (non-hydrogen) atoms. The molecule has 72 valence electrons. The number of hydrogen-bond acceptors (Lipinski definition) is 1. The molecule has 1 rings (SSSR count). The summed E-state index contributed by atoms with van der Waals surface area (Å²) in [5.74, 6) is 0. The van der Waals surface area contributed by atoms with E-state index in [1.807, 2.05) is 0 Å². The van der Waals surface area contributed by atoms with Crippen LogP contribution >= 0.6 is 0 Å². The molecule has 0 unspecified atom stereocenters. The molecule has 0 amide bonds. The van der Waals surface area contributed by atoms with Gasteiger partial charge in [-0.15, -0.1) is 0 Å². The third-order valence-electron chi connectivity index (χ3n) is 2.65. The van der Waals surface area contributed by atoms with Crippen LogP contribution in [0.2, 0.25) is 0 Å². The van der Waals surface area contributed by atoms with Crippen LogP contribution in [0.1, 0.15) is 31.9 Å². The zero-order valence-corrected chi connectivity index (χ0v) is 8.80. The topological polar surface area (TPSA) is 26.0 Å². The Balaban J connectivity index is 2.92. The highest BCUT2D eigenvalue weighted by Gasteiger charge is 2.17. The summed E-state index contributed by atoms with van der Waals surface area (Å²) in [7, 11) is 0. The average molecular weight is 177 g/mol. The van der Waals surface area contributed by atoms with Gasteiger partial charge in [-0.25, -0.2) is 0 Å². The van der Waals surface area contributed by atoms with Crippen LogP contribution in [0.25, 0.3) is 0 Å². The monoisotopic (exact) mass is 177 g/mol. The first-order chi connectivity index (χ1) is 6.10. The summed E-state index contributed by atoms with van der Waals surface area (Å²) in [6, 6.07) is 8.75. The van der Waals surface area contributed by atoms with E-state index in [1.54, 1.807) is 0 Å². The van der Waals surface area contributed by atoms with E-state index >= 15 is 0 Å². The Morgan fingerprint density at radius 1 is 1.15 bits per heavy atom. The lowest BCUT2D eigenvalue weighted by Crippen LogP contribution is -2.27. The van der Waals surface area contributed by atoms with Gasteiger partial charge in [-0.05, 0) is 17.5 Å². The Hall–Kier alpha value is -0.820. The van der Waals surface area contributed by atoms with Crippen LogP contribution in [-0.2, 0) is 11.8 Å².